The number of nitrogens with one attached hydrogen (secondary N) is 1. The second kappa shape index (κ2) is 6.01. The van der Waals surface area contributed by atoms with E-state index in [1.807, 2.05) is 40.7 Å². The molecule has 100 valence electrons. The third kappa shape index (κ3) is 2.91. The summed E-state index contributed by atoms with van der Waals surface area (Å²) < 4.78 is 5.21. The van der Waals surface area contributed by atoms with E-state index in [4.69, 9.17) is 4.74 Å². The largest absolute Gasteiger partial charge is 0.464 e. The molecular weight excluding hydrogens is 226 g/mol. The maximum Gasteiger partial charge on any atom is 0.330 e. The molecule has 18 heavy (non-hydrogen) atoms. The Morgan fingerprint density at radius 1 is 1.33 bits per heavy atom. The van der Waals surface area contributed by atoms with E-state index >= 15 is 0 Å². The van der Waals surface area contributed by atoms with Gasteiger partial charge in [-0.05, 0) is 45.4 Å². The molecule has 0 bridgehead atoms. The Morgan fingerprint density at radius 3 is 2.56 bits per heavy atom. The van der Waals surface area contributed by atoms with Crippen molar-refractivity contribution in [2.75, 3.05) is 13.2 Å². The molecule has 3 heteroatoms. The van der Waals surface area contributed by atoms with Gasteiger partial charge in [0.2, 0.25) is 0 Å². The van der Waals surface area contributed by atoms with Crippen molar-refractivity contribution in [2.24, 2.45) is 0 Å². The quantitative estimate of drug-likeness (QED) is 0.815. The van der Waals surface area contributed by atoms with Gasteiger partial charge in [-0.1, -0.05) is 30.7 Å². The van der Waals surface area contributed by atoms with Crippen LogP contribution >= 0.6 is 0 Å². The van der Waals surface area contributed by atoms with Crippen molar-refractivity contribution in [2.45, 2.75) is 40.2 Å². The average Bonchev–Trinajstić information content (AvgIpc) is 2.32. The summed E-state index contributed by atoms with van der Waals surface area (Å²) in [4.78, 5) is 12.2. The molecule has 0 heterocycles. The normalized spacial score (nSPS) is 14.1. The first-order chi connectivity index (χ1) is 8.45. The van der Waals surface area contributed by atoms with Crippen LogP contribution in [0, 0.1) is 13.8 Å². The highest BCUT2D eigenvalue weighted by atomic mass is 16.5. The highest BCUT2D eigenvalue weighted by Crippen LogP contribution is 2.26. The molecule has 0 saturated carbocycles. The standard InChI is InChI=1S/C15H23NO2/c1-6-16-15(5,14(17)18-7-2)13-10-11(3)8-9-12(13)4/h8-10,16H,6-7H2,1-5H3. The number of hydrogen-bond acceptors (Lipinski definition) is 3. The lowest BCUT2D eigenvalue weighted by Gasteiger charge is -2.30. The lowest BCUT2D eigenvalue weighted by atomic mass is 9.87. The van der Waals surface area contributed by atoms with Crippen molar-refractivity contribution < 1.29 is 9.53 Å². The van der Waals surface area contributed by atoms with E-state index in [1.54, 1.807) is 0 Å². The van der Waals surface area contributed by atoms with E-state index in [0.717, 1.165) is 16.7 Å². The number of carbonyl (C=O) groups is 1. The van der Waals surface area contributed by atoms with Crippen LogP contribution in [0.2, 0.25) is 0 Å². The van der Waals surface area contributed by atoms with Gasteiger partial charge in [0.25, 0.3) is 0 Å². The van der Waals surface area contributed by atoms with Crippen LogP contribution < -0.4 is 5.32 Å². The zero-order chi connectivity index (χ0) is 13.8. The molecule has 1 unspecified atom stereocenters. The maximum atomic E-state index is 12.2. The summed E-state index contributed by atoms with van der Waals surface area (Å²) in [5, 5.41) is 3.25. The minimum Gasteiger partial charge on any atom is -0.464 e. The third-order valence-corrected chi connectivity index (χ3v) is 3.15. The van der Waals surface area contributed by atoms with Crippen LogP contribution in [0.1, 0.15) is 37.5 Å². The van der Waals surface area contributed by atoms with Gasteiger partial charge >= 0.3 is 5.97 Å². The van der Waals surface area contributed by atoms with Gasteiger partial charge in [-0.2, -0.15) is 0 Å². The summed E-state index contributed by atoms with van der Waals surface area (Å²) in [6.07, 6.45) is 0. The first-order valence-electron chi connectivity index (χ1n) is 6.45. The maximum absolute atomic E-state index is 12.2. The summed E-state index contributed by atoms with van der Waals surface area (Å²) in [6, 6.07) is 6.14. The Hall–Kier alpha value is -1.35. The Labute approximate surface area is 110 Å². The smallest absolute Gasteiger partial charge is 0.330 e. The molecule has 0 fully saturated rings. The first kappa shape index (κ1) is 14.7. The minimum atomic E-state index is -0.777. The zero-order valence-corrected chi connectivity index (χ0v) is 12.0. The SMILES string of the molecule is CCNC(C)(C(=O)OCC)c1cc(C)ccc1C. The Bertz CT molecular complexity index is 429. The van der Waals surface area contributed by atoms with E-state index in [2.05, 4.69) is 17.4 Å². The predicted molar refractivity (Wildman–Crippen MR) is 73.6 cm³/mol. The van der Waals surface area contributed by atoms with Crippen molar-refractivity contribution in [3.05, 3.63) is 34.9 Å². The van der Waals surface area contributed by atoms with E-state index < -0.39 is 5.54 Å². The fraction of sp³-hybridized carbons (Fsp3) is 0.533. The summed E-state index contributed by atoms with van der Waals surface area (Å²) in [5.74, 6) is -0.222. The number of ether oxygens (including phenoxy) is 1. The Balaban J connectivity index is 3.25. The van der Waals surface area contributed by atoms with Crippen LogP contribution in [0.15, 0.2) is 18.2 Å². The average molecular weight is 249 g/mol. The van der Waals surface area contributed by atoms with Gasteiger partial charge in [-0.3, -0.25) is 5.32 Å². The summed E-state index contributed by atoms with van der Waals surface area (Å²) in [6.45, 7) is 10.9. The van der Waals surface area contributed by atoms with Crippen molar-refractivity contribution in [1.29, 1.82) is 0 Å². The summed E-state index contributed by atoms with van der Waals surface area (Å²) >= 11 is 0. The third-order valence-electron chi connectivity index (χ3n) is 3.15. The fourth-order valence-electron chi connectivity index (χ4n) is 2.18. The fourth-order valence-corrected chi connectivity index (χ4v) is 2.18. The second-order valence-electron chi connectivity index (χ2n) is 4.69. The van der Waals surface area contributed by atoms with Crippen molar-refractivity contribution in [3.8, 4) is 0 Å². The first-order valence-corrected chi connectivity index (χ1v) is 6.45. The van der Waals surface area contributed by atoms with E-state index in [9.17, 15) is 4.79 Å². The van der Waals surface area contributed by atoms with Crippen molar-refractivity contribution in [1.82, 2.24) is 5.32 Å². The second-order valence-corrected chi connectivity index (χ2v) is 4.69. The number of rotatable bonds is 5. The highest BCUT2D eigenvalue weighted by molar-refractivity contribution is 5.82. The monoisotopic (exact) mass is 249 g/mol. The van der Waals surface area contributed by atoms with Crippen LogP contribution in [0.4, 0.5) is 0 Å². The molecule has 0 aliphatic heterocycles. The Morgan fingerprint density at radius 2 is 2.00 bits per heavy atom. The van der Waals surface area contributed by atoms with Gasteiger partial charge in [0.1, 0.15) is 5.54 Å². The van der Waals surface area contributed by atoms with Crippen LogP contribution in [0.3, 0.4) is 0 Å². The van der Waals surface area contributed by atoms with Crippen LogP contribution in [0.5, 0.6) is 0 Å². The lowest BCUT2D eigenvalue weighted by molar-refractivity contribution is -0.151. The molecule has 1 aromatic rings. The molecule has 1 N–H and O–H groups in total. The number of aryl methyl sites for hydroxylation is 2. The molecule has 0 aliphatic carbocycles. The number of benzene rings is 1. The molecule has 0 amide bonds. The van der Waals surface area contributed by atoms with Gasteiger partial charge in [-0.25, -0.2) is 4.79 Å². The minimum absolute atomic E-state index is 0.222. The molecule has 0 aromatic heterocycles. The molecule has 0 aliphatic rings. The van der Waals surface area contributed by atoms with Gasteiger partial charge in [-0.15, -0.1) is 0 Å². The van der Waals surface area contributed by atoms with Gasteiger partial charge < -0.3 is 4.74 Å². The molecule has 1 rings (SSSR count). The number of esters is 1. The Kier molecular flexibility index (Phi) is 4.91. The molecule has 3 nitrogen and oxygen atoms in total. The summed E-state index contributed by atoms with van der Waals surface area (Å²) in [7, 11) is 0. The van der Waals surface area contributed by atoms with Crippen LogP contribution in [-0.2, 0) is 15.1 Å². The van der Waals surface area contributed by atoms with Crippen molar-refractivity contribution in [3.63, 3.8) is 0 Å². The molecule has 0 spiro atoms. The number of likely N-dealkylation sites (N-methyl/N-ethyl adjacent to an activating group) is 1. The van der Waals surface area contributed by atoms with Crippen LogP contribution in [-0.4, -0.2) is 19.1 Å². The molecule has 0 radical (unpaired) electrons. The predicted octanol–water partition coefficient (Wildman–Crippen LogP) is 2.69. The molecule has 1 atom stereocenters. The number of carbonyl (C=O) groups excluding carboxylic acids is 1. The van der Waals surface area contributed by atoms with Gasteiger partial charge in [0, 0.05) is 0 Å². The van der Waals surface area contributed by atoms with E-state index in [0.29, 0.717) is 13.2 Å². The van der Waals surface area contributed by atoms with Gasteiger partial charge in [0.15, 0.2) is 0 Å². The molecule has 0 saturated heterocycles. The molecule has 1 aromatic carbocycles. The zero-order valence-electron chi connectivity index (χ0n) is 12.0. The van der Waals surface area contributed by atoms with E-state index in [1.165, 1.54) is 0 Å². The van der Waals surface area contributed by atoms with Crippen LogP contribution in [0.25, 0.3) is 0 Å². The summed E-state index contributed by atoms with van der Waals surface area (Å²) in [5.41, 5.74) is 2.45. The van der Waals surface area contributed by atoms with Crippen molar-refractivity contribution >= 4 is 5.97 Å². The van der Waals surface area contributed by atoms with E-state index in [-0.39, 0.29) is 5.97 Å². The lowest BCUT2D eigenvalue weighted by Crippen LogP contribution is -2.48. The molecular formula is C15H23NO2. The topological polar surface area (TPSA) is 38.3 Å². The highest BCUT2D eigenvalue weighted by Gasteiger charge is 2.37. The van der Waals surface area contributed by atoms with Gasteiger partial charge in [0.05, 0.1) is 6.61 Å². The number of hydrogen-bond donors (Lipinski definition) is 1.